The molecule has 0 saturated carbocycles. The molecule has 0 aromatic carbocycles. The number of methoxy groups -OCH3 is 2. The summed E-state index contributed by atoms with van der Waals surface area (Å²) in [5, 5.41) is 3.24. The van der Waals surface area contributed by atoms with Crippen LogP contribution in [0.3, 0.4) is 0 Å². The Hall–Kier alpha value is -0.650. The monoisotopic (exact) mass is 274 g/mol. The van der Waals surface area contributed by atoms with E-state index in [2.05, 4.69) is 24.1 Å². The summed E-state index contributed by atoms with van der Waals surface area (Å²) in [5.74, 6) is -0.205. The fourth-order valence-electron chi connectivity index (χ4n) is 2.46. The number of nitrogens with zero attached hydrogens (tertiary/aromatic N) is 1. The quantitative estimate of drug-likeness (QED) is 0.608. The molecule has 0 aliphatic heterocycles. The molecule has 2 unspecified atom stereocenters. The molecule has 0 aromatic rings. The Kier molecular flexibility index (Phi) is 8.97. The van der Waals surface area contributed by atoms with Crippen LogP contribution in [-0.2, 0) is 14.3 Å². The first-order chi connectivity index (χ1) is 8.95. The second-order valence-electron chi connectivity index (χ2n) is 5.03. The minimum atomic E-state index is -0.636. The van der Waals surface area contributed by atoms with Gasteiger partial charge in [-0.2, -0.15) is 0 Å². The molecule has 5 heteroatoms. The van der Waals surface area contributed by atoms with Crippen molar-refractivity contribution in [3.05, 3.63) is 0 Å². The molecule has 5 nitrogen and oxygen atoms in total. The van der Waals surface area contributed by atoms with Gasteiger partial charge in [-0.25, -0.2) is 0 Å². The molecule has 0 aromatic heterocycles. The van der Waals surface area contributed by atoms with E-state index in [0.717, 1.165) is 19.6 Å². The molecule has 1 N–H and O–H groups in total. The van der Waals surface area contributed by atoms with E-state index in [1.807, 2.05) is 13.8 Å². The lowest BCUT2D eigenvalue weighted by Gasteiger charge is -2.35. The highest BCUT2D eigenvalue weighted by Crippen LogP contribution is 2.18. The van der Waals surface area contributed by atoms with Crippen LogP contribution >= 0.6 is 0 Å². The van der Waals surface area contributed by atoms with E-state index in [0.29, 0.717) is 13.0 Å². The Morgan fingerprint density at radius 1 is 1.37 bits per heavy atom. The average molecular weight is 274 g/mol. The lowest BCUT2D eigenvalue weighted by molar-refractivity contribution is -0.148. The maximum atomic E-state index is 12.0. The molecule has 0 heterocycles. The van der Waals surface area contributed by atoms with Crippen molar-refractivity contribution in [3.8, 4) is 0 Å². The predicted molar refractivity (Wildman–Crippen MR) is 77.3 cm³/mol. The Labute approximate surface area is 117 Å². The highest BCUT2D eigenvalue weighted by Gasteiger charge is 2.36. The van der Waals surface area contributed by atoms with Crippen molar-refractivity contribution >= 4 is 5.97 Å². The molecule has 2 atom stereocenters. The first-order valence-electron chi connectivity index (χ1n) is 7.01. The molecule has 114 valence electrons. The van der Waals surface area contributed by atoms with Crippen molar-refractivity contribution in [3.63, 3.8) is 0 Å². The van der Waals surface area contributed by atoms with Crippen molar-refractivity contribution in [1.82, 2.24) is 10.2 Å². The highest BCUT2D eigenvalue weighted by atomic mass is 16.5. The predicted octanol–water partition coefficient (Wildman–Crippen LogP) is 1.27. The van der Waals surface area contributed by atoms with Crippen LogP contribution in [-0.4, -0.2) is 62.9 Å². The van der Waals surface area contributed by atoms with Crippen molar-refractivity contribution < 1.29 is 14.3 Å². The van der Waals surface area contributed by atoms with E-state index in [1.165, 1.54) is 7.11 Å². The summed E-state index contributed by atoms with van der Waals surface area (Å²) in [4.78, 5) is 14.3. The summed E-state index contributed by atoms with van der Waals surface area (Å²) < 4.78 is 10.0. The van der Waals surface area contributed by atoms with Gasteiger partial charge in [0.15, 0.2) is 0 Å². The normalized spacial score (nSPS) is 16.2. The molecule has 0 saturated heterocycles. The summed E-state index contributed by atoms with van der Waals surface area (Å²) >= 11 is 0. The molecule has 19 heavy (non-hydrogen) atoms. The number of nitrogens with one attached hydrogen (secondary N) is 1. The van der Waals surface area contributed by atoms with E-state index >= 15 is 0 Å². The third-order valence-electron chi connectivity index (χ3n) is 3.52. The van der Waals surface area contributed by atoms with Crippen LogP contribution in [0.2, 0.25) is 0 Å². The van der Waals surface area contributed by atoms with Crippen LogP contribution in [0.4, 0.5) is 0 Å². The van der Waals surface area contributed by atoms with E-state index in [-0.39, 0.29) is 12.0 Å². The minimum Gasteiger partial charge on any atom is -0.468 e. The highest BCUT2D eigenvalue weighted by molar-refractivity contribution is 5.80. The number of hydrogen-bond acceptors (Lipinski definition) is 5. The van der Waals surface area contributed by atoms with Gasteiger partial charge in [-0.3, -0.25) is 9.69 Å². The molecule has 0 radical (unpaired) electrons. The van der Waals surface area contributed by atoms with E-state index in [1.54, 1.807) is 7.11 Å². The zero-order valence-electron chi connectivity index (χ0n) is 13.3. The Bertz CT molecular complexity index is 261. The van der Waals surface area contributed by atoms with Crippen molar-refractivity contribution in [2.45, 2.75) is 45.7 Å². The van der Waals surface area contributed by atoms with Gasteiger partial charge in [0, 0.05) is 19.7 Å². The van der Waals surface area contributed by atoms with Gasteiger partial charge in [-0.15, -0.1) is 0 Å². The maximum Gasteiger partial charge on any atom is 0.325 e. The van der Waals surface area contributed by atoms with E-state index in [4.69, 9.17) is 9.47 Å². The largest absolute Gasteiger partial charge is 0.468 e. The van der Waals surface area contributed by atoms with E-state index < -0.39 is 5.54 Å². The first kappa shape index (κ1) is 18.4. The maximum absolute atomic E-state index is 12.0. The fraction of sp³-hybridized carbons (Fsp3) is 0.929. The second kappa shape index (κ2) is 9.28. The summed E-state index contributed by atoms with van der Waals surface area (Å²) in [6.45, 7) is 11.4. The lowest BCUT2D eigenvalue weighted by atomic mass is 9.92. The zero-order chi connectivity index (χ0) is 14.9. The third kappa shape index (κ3) is 5.89. The van der Waals surface area contributed by atoms with Gasteiger partial charge >= 0.3 is 5.97 Å². The molecular weight excluding hydrogens is 244 g/mol. The smallest absolute Gasteiger partial charge is 0.325 e. The van der Waals surface area contributed by atoms with Gasteiger partial charge in [0.05, 0.1) is 13.7 Å². The fourth-order valence-corrected chi connectivity index (χ4v) is 2.46. The third-order valence-corrected chi connectivity index (χ3v) is 3.52. The van der Waals surface area contributed by atoms with Crippen LogP contribution in [0.15, 0.2) is 0 Å². The molecule has 0 amide bonds. The number of ether oxygens (including phenoxy) is 2. The van der Waals surface area contributed by atoms with Gasteiger partial charge in [0.25, 0.3) is 0 Å². The summed E-state index contributed by atoms with van der Waals surface area (Å²) in [6.07, 6.45) is 0.713. The van der Waals surface area contributed by atoms with Gasteiger partial charge in [-0.05, 0) is 33.4 Å². The van der Waals surface area contributed by atoms with Gasteiger partial charge < -0.3 is 14.8 Å². The van der Waals surface area contributed by atoms with Crippen molar-refractivity contribution in [1.29, 1.82) is 0 Å². The summed E-state index contributed by atoms with van der Waals surface area (Å²) in [5.41, 5.74) is -0.636. The number of likely N-dealkylation sites (N-methyl/N-ethyl adjacent to an activating group) is 2. The summed E-state index contributed by atoms with van der Waals surface area (Å²) in [6, 6.07) is 0.281. The molecule has 0 fully saturated rings. The molecular formula is C14H30N2O3. The van der Waals surface area contributed by atoms with Crippen molar-refractivity contribution in [2.75, 3.05) is 40.5 Å². The molecule has 0 aliphatic carbocycles. The van der Waals surface area contributed by atoms with Gasteiger partial charge in [-0.1, -0.05) is 13.8 Å². The zero-order valence-corrected chi connectivity index (χ0v) is 13.3. The molecule has 0 spiro atoms. The van der Waals surface area contributed by atoms with Gasteiger partial charge in [0.2, 0.25) is 0 Å². The minimum absolute atomic E-state index is 0.205. The Morgan fingerprint density at radius 3 is 2.42 bits per heavy atom. The first-order valence-corrected chi connectivity index (χ1v) is 7.01. The van der Waals surface area contributed by atoms with Crippen LogP contribution < -0.4 is 5.32 Å². The molecule has 0 aliphatic rings. The standard InChI is InChI=1S/C14H30N2O3/c1-7-15-14(4,13(17)19-6)11-12(3)16(8-2)9-10-18-5/h12,15H,7-11H2,1-6H3. The van der Waals surface area contributed by atoms with Crippen LogP contribution in [0.1, 0.15) is 34.1 Å². The van der Waals surface area contributed by atoms with Crippen LogP contribution in [0.25, 0.3) is 0 Å². The van der Waals surface area contributed by atoms with Crippen LogP contribution in [0, 0.1) is 0 Å². The second-order valence-corrected chi connectivity index (χ2v) is 5.03. The lowest BCUT2D eigenvalue weighted by Crippen LogP contribution is -2.54. The number of carbonyl (C=O) groups excluding carboxylic acids is 1. The Balaban J connectivity index is 4.68. The number of rotatable bonds is 10. The van der Waals surface area contributed by atoms with Gasteiger partial charge in [0.1, 0.15) is 5.54 Å². The van der Waals surface area contributed by atoms with E-state index in [9.17, 15) is 4.79 Å². The SMILES string of the molecule is CCNC(C)(CC(C)N(CC)CCOC)C(=O)OC. The van der Waals surface area contributed by atoms with Crippen molar-refractivity contribution in [2.24, 2.45) is 0 Å². The number of hydrogen-bond donors (Lipinski definition) is 1. The van der Waals surface area contributed by atoms with Crippen LogP contribution in [0.5, 0.6) is 0 Å². The number of carbonyl (C=O) groups is 1. The Morgan fingerprint density at radius 2 is 2.00 bits per heavy atom. The topological polar surface area (TPSA) is 50.8 Å². The molecule has 0 rings (SSSR count). The number of esters is 1. The summed E-state index contributed by atoms with van der Waals surface area (Å²) in [7, 11) is 3.14. The average Bonchev–Trinajstić information content (AvgIpc) is 2.38. The molecule has 0 bridgehead atoms.